The lowest BCUT2D eigenvalue weighted by atomic mass is 10.1. The van der Waals surface area contributed by atoms with Crippen LogP contribution in [0.15, 0.2) is 36.7 Å². The van der Waals surface area contributed by atoms with E-state index in [-0.39, 0.29) is 35.9 Å². The number of aryl methyl sites for hydroxylation is 1. The molecule has 4 rings (SSSR count). The summed E-state index contributed by atoms with van der Waals surface area (Å²) >= 11 is 0. The number of aromatic nitrogens is 4. The van der Waals surface area contributed by atoms with Crippen LogP contribution in [-0.2, 0) is 43.4 Å². The average molecular weight is 659 g/mol. The van der Waals surface area contributed by atoms with E-state index in [0.29, 0.717) is 5.82 Å². The van der Waals surface area contributed by atoms with Crippen molar-refractivity contribution in [3.8, 4) is 0 Å². The number of phosphoric acid groups is 1. The van der Waals surface area contributed by atoms with Crippen molar-refractivity contribution in [2.24, 2.45) is 5.92 Å². The number of carbonyl (C=O) groups is 1. The minimum absolute atomic E-state index is 0.000415. The number of benzene rings is 1. The second kappa shape index (κ2) is 14.1. The van der Waals surface area contributed by atoms with Crippen LogP contribution >= 0.6 is 15.3 Å². The van der Waals surface area contributed by atoms with Gasteiger partial charge in [-0.15, -0.1) is 0 Å². The Labute approximate surface area is 253 Å². The zero-order chi connectivity index (χ0) is 32.2. The van der Waals surface area contributed by atoms with Crippen molar-refractivity contribution in [1.82, 2.24) is 24.6 Å². The van der Waals surface area contributed by atoms with Crippen molar-refractivity contribution < 1.29 is 46.3 Å². The predicted molar refractivity (Wildman–Crippen MR) is 157 cm³/mol. The van der Waals surface area contributed by atoms with Gasteiger partial charge in [-0.05, 0) is 24.8 Å². The Hall–Kier alpha value is -2.81. The fourth-order valence-electron chi connectivity index (χ4n) is 4.58. The van der Waals surface area contributed by atoms with Crippen molar-refractivity contribution in [1.29, 1.82) is 0 Å². The molecule has 1 aliphatic rings. The fourth-order valence-corrected chi connectivity index (χ4v) is 7.96. The number of carbonyl (C=O) groups excluding carboxylic acids is 1. The first kappa shape index (κ1) is 34.1. The van der Waals surface area contributed by atoms with E-state index in [1.54, 1.807) is 31.2 Å². The van der Waals surface area contributed by atoms with Gasteiger partial charge in [0.15, 0.2) is 23.9 Å². The number of fused-ring (bicyclic) bond motifs is 1. The van der Waals surface area contributed by atoms with E-state index in [4.69, 9.17) is 28.6 Å². The van der Waals surface area contributed by atoms with Crippen LogP contribution in [-0.4, -0.2) is 75.4 Å². The number of anilines is 1. The maximum absolute atomic E-state index is 15.2. The molecule has 0 spiro atoms. The normalized spacial score (nSPS) is 23.8. The van der Waals surface area contributed by atoms with E-state index in [1.165, 1.54) is 10.9 Å². The van der Waals surface area contributed by atoms with Gasteiger partial charge in [-0.3, -0.25) is 23.0 Å². The Kier molecular flexibility index (Phi) is 10.9. The molecule has 4 N–H and O–H groups in total. The highest BCUT2D eigenvalue weighted by Gasteiger charge is 2.47. The van der Waals surface area contributed by atoms with Gasteiger partial charge in [-0.25, -0.2) is 33.3 Å². The Morgan fingerprint density at radius 2 is 1.95 bits per heavy atom. The number of alkyl halides is 1. The first-order valence-electron chi connectivity index (χ1n) is 13.7. The first-order chi connectivity index (χ1) is 20.7. The molecule has 7 atom stereocenters. The van der Waals surface area contributed by atoms with Gasteiger partial charge in [-0.2, -0.15) is 0 Å². The Morgan fingerprint density at radius 1 is 1.25 bits per heavy atom. The van der Waals surface area contributed by atoms with Crippen LogP contribution < -0.4 is 10.8 Å². The summed E-state index contributed by atoms with van der Waals surface area (Å²) in [6.07, 6.45) is -4.91. The average Bonchev–Trinajstić information content (AvgIpc) is 3.50. The second-order valence-electron chi connectivity index (χ2n) is 10.7. The maximum Gasteiger partial charge on any atom is 0.481 e. The fraction of sp³-hybridized carbons (Fsp3) is 0.538. The van der Waals surface area contributed by atoms with Gasteiger partial charge >= 0.3 is 13.8 Å². The molecule has 1 saturated heterocycles. The molecule has 0 aliphatic carbocycles. The molecular formula is C26H37FN6O9P2. The number of aliphatic hydroxyl groups excluding tert-OH is 1. The minimum atomic E-state index is -4.58. The lowest BCUT2D eigenvalue weighted by molar-refractivity contribution is -0.147. The molecule has 1 aliphatic heterocycles. The number of nitrogens with two attached hydrogens (primary N) is 1. The minimum Gasteiger partial charge on any atom is -0.460 e. The monoisotopic (exact) mass is 658 g/mol. The number of rotatable bonds is 14. The molecule has 1 aromatic carbocycles. The number of nitrogen functional groups attached to an aromatic ring is 1. The summed E-state index contributed by atoms with van der Waals surface area (Å²) in [5.74, 6) is -0.278. The smallest absolute Gasteiger partial charge is 0.460 e. The Morgan fingerprint density at radius 3 is 2.61 bits per heavy atom. The zero-order valence-corrected chi connectivity index (χ0v) is 26.7. The molecule has 242 valence electrons. The van der Waals surface area contributed by atoms with E-state index in [2.05, 4.69) is 20.0 Å². The molecule has 3 heterocycles. The van der Waals surface area contributed by atoms with Crippen LogP contribution in [0.2, 0.25) is 0 Å². The number of phosphoric ester groups is 1. The van der Waals surface area contributed by atoms with E-state index in [9.17, 15) is 19.0 Å². The van der Waals surface area contributed by atoms with Gasteiger partial charge in [0.2, 0.25) is 0 Å². The summed E-state index contributed by atoms with van der Waals surface area (Å²) in [6.45, 7) is 5.76. The van der Waals surface area contributed by atoms with Crippen molar-refractivity contribution in [3.05, 3.63) is 48.0 Å². The number of nitrogens with zero attached hydrogens (tertiary/aromatic N) is 4. The van der Waals surface area contributed by atoms with Crippen LogP contribution in [0, 0.1) is 12.8 Å². The summed E-state index contributed by atoms with van der Waals surface area (Å²) in [4.78, 5) is 25.3. The number of imidazole rings is 1. The van der Waals surface area contributed by atoms with Crippen LogP contribution in [0.4, 0.5) is 10.2 Å². The van der Waals surface area contributed by atoms with Crippen molar-refractivity contribution in [2.75, 3.05) is 26.1 Å². The van der Waals surface area contributed by atoms with Crippen molar-refractivity contribution >= 4 is 38.3 Å². The molecule has 2 aromatic heterocycles. The SMILES string of the molecule is COP(=O)(OC[C@H]1O[C@@H](n2cnc3c(N)nc(C)nc32)[C@H](F)C1O)OP(C)(=O)N[C@@H](CC(C)C)C(=O)OCc1ccccc1. The second-order valence-corrected chi connectivity index (χ2v) is 14.9. The van der Waals surface area contributed by atoms with Gasteiger partial charge in [0, 0.05) is 13.8 Å². The lowest BCUT2D eigenvalue weighted by Crippen LogP contribution is -2.37. The third-order valence-corrected chi connectivity index (χ3v) is 10.4. The Balaban J connectivity index is 1.40. The molecule has 0 bridgehead atoms. The number of halogens is 1. The summed E-state index contributed by atoms with van der Waals surface area (Å²) in [7, 11) is -7.64. The van der Waals surface area contributed by atoms with Crippen molar-refractivity contribution in [3.63, 3.8) is 0 Å². The summed E-state index contributed by atoms with van der Waals surface area (Å²) in [5.41, 5.74) is 7.07. The summed E-state index contributed by atoms with van der Waals surface area (Å²) in [6, 6.07) is 7.95. The van der Waals surface area contributed by atoms with Gasteiger partial charge in [0.25, 0.3) is 7.52 Å². The molecule has 3 aromatic rings. The van der Waals surface area contributed by atoms with E-state index >= 15 is 4.39 Å². The number of aliphatic hydroxyl groups is 1. The lowest BCUT2D eigenvalue weighted by Gasteiger charge is -2.26. The highest BCUT2D eigenvalue weighted by molar-refractivity contribution is 7.66. The van der Waals surface area contributed by atoms with Crippen LogP contribution in [0.1, 0.15) is 37.9 Å². The van der Waals surface area contributed by atoms with Gasteiger partial charge in [0.1, 0.15) is 36.2 Å². The number of hydrogen-bond acceptors (Lipinski definition) is 13. The molecule has 0 radical (unpaired) electrons. The molecule has 1 fully saturated rings. The van der Waals surface area contributed by atoms with Crippen LogP contribution in [0.3, 0.4) is 0 Å². The zero-order valence-electron chi connectivity index (χ0n) is 24.9. The standard InChI is InChI=1S/C26H37FN6O9P2/c1-15(2)11-18(26(35)39-12-17-9-7-6-8-10-17)32-43(5,36)42-44(37,38-4)40-13-19-22(34)20(27)25(41-19)33-14-29-21-23(28)30-16(3)31-24(21)33/h6-10,14-15,18-20,22,25,34H,11-13H2,1-5H3,(H,32,36)(H2,28,30,31)/t18-,19+,20+,22?,25+,43?,44?/m0/s1. The van der Waals surface area contributed by atoms with Gasteiger partial charge in [0.05, 0.1) is 12.9 Å². The third-order valence-electron chi connectivity index (χ3n) is 6.61. The summed E-state index contributed by atoms with van der Waals surface area (Å²) < 4.78 is 69.8. The molecule has 0 saturated carbocycles. The van der Waals surface area contributed by atoms with Gasteiger partial charge in [-0.1, -0.05) is 44.2 Å². The van der Waals surface area contributed by atoms with Crippen LogP contribution in [0.5, 0.6) is 0 Å². The highest BCUT2D eigenvalue weighted by Crippen LogP contribution is 2.61. The number of esters is 1. The van der Waals surface area contributed by atoms with Crippen molar-refractivity contribution in [2.45, 2.75) is 64.4 Å². The van der Waals surface area contributed by atoms with Crippen LogP contribution in [0.25, 0.3) is 11.2 Å². The predicted octanol–water partition coefficient (Wildman–Crippen LogP) is 3.67. The number of hydrogen-bond donors (Lipinski definition) is 3. The quantitative estimate of drug-likeness (QED) is 0.167. The topological polar surface area (TPSA) is 199 Å². The Bertz CT molecular complexity index is 1540. The molecular weight excluding hydrogens is 621 g/mol. The van der Waals surface area contributed by atoms with E-state index in [1.807, 2.05) is 19.9 Å². The molecule has 15 nitrogen and oxygen atoms in total. The largest absolute Gasteiger partial charge is 0.481 e. The van der Waals surface area contributed by atoms with E-state index < -0.39 is 58.6 Å². The molecule has 0 amide bonds. The summed E-state index contributed by atoms with van der Waals surface area (Å²) in [5, 5.41) is 13.1. The van der Waals surface area contributed by atoms with Gasteiger partial charge < -0.3 is 20.3 Å². The molecule has 3 unspecified atom stereocenters. The van der Waals surface area contributed by atoms with E-state index in [0.717, 1.165) is 19.3 Å². The maximum atomic E-state index is 15.2. The highest BCUT2D eigenvalue weighted by atomic mass is 31.3. The molecule has 18 heteroatoms. The number of nitrogens with one attached hydrogen (secondary N) is 1. The number of ether oxygens (including phenoxy) is 2. The molecule has 44 heavy (non-hydrogen) atoms. The first-order valence-corrected chi connectivity index (χ1v) is 17.3. The third kappa shape index (κ3) is 8.26.